The van der Waals surface area contributed by atoms with Crippen LogP contribution < -0.4 is 0 Å². The van der Waals surface area contributed by atoms with E-state index in [9.17, 15) is 13.5 Å². The van der Waals surface area contributed by atoms with E-state index in [0.29, 0.717) is 25.6 Å². The van der Waals surface area contributed by atoms with E-state index in [1.54, 1.807) is 0 Å². The third-order valence-corrected chi connectivity index (χ3v) is 3.72. The van der Waals surface area contributed by atoms with Crippen molar-refractivity contribution in [3.63, 3.8) is 0 Å². The van der Waals surface area contributed by atoms with Gasteiger partial charge in [-0.05, 0) is 5.92 Å². The van der Waals surface area contributed by atoms with Crippen molar-refractivity contribution < 1.29 is 13.5 Å². The second-order valence-electron chi connectivity index (χ2n) is 4.51. The van der Waals surface area contributed by atoms with Gasteiger partial charge < -0.3 is 5.11 Å². The zero-order valence-corrected chi connectivity index (χ0v) is 10.4. The van der Waals surface area contributed by atoms with Gasteiger partial charge in [-0.2, -0.15) is 4.31 Å². The third kappa shape index (κ3) is 3.71. The van der Waals surface area contributed by atoms with E-state index in [1.165, 1.54) is 0 Å². The minimum Gasteiger partial charge on any atom is -0.376 e. The van der Waals surface area contributed by atoms with Crippen molar-refractivity contribution >= 4 is 10.0 Å². The molecule has 1 N–H and O–H groups in total. The standard InChI is InChI=1S/C9H20N2O3S/c1-8(2)6-10-4-5-11(9(12)7-10)15(3,13)14/h8-9,12H,4-7H2,1-3H3. The molecule has 1 rings (SSSR count). The first-order valence-electron chi connectivity index (χ1n) is 5.18. The highest BCUT2D eigenvalue weighted by atomic mass is 32.2. The molecule has 0 saturated carbocycles. The van der Waals surface area contributed by atoms with E-state index in [2.05, 4.69) is 18.7 Å². The zero-order valence-electron chi connectivity index (χ0n) is 9.55. The molecule has 0 radical (unpaired) electrons. The molecule has 1 aliphatic rings. The smallest absolute Gasteiger partial charge is 0.213 e. The van der Waals surface area contributed by atoms with Crippen molar-refractivity contribution in [2.45, 2.75) is 20.1 Å². The van der Waals surface area contributed by atoms with Gasteiger partial charge in [-0.15, -0.1) is 0 Å². The molecule has 15 heavy (non-hydrogen) atoms. The first-order chi connectivity index (χ1) is 6.80. The Morgan fingerprint density at radius 1 is 1.40 bits per heavy atom. The molecule has 0 aromatic carbocycles. The van der Waals surface area contributed by atoms with Gasteiger partial charge in [0.2, 0.25) is 10.0 Å². The average Bonchev–Trinajstić information content (AvgIpc) is 1.99. The molecule has 1 aliphatic heterocycles. The lowest BCUT2D eigenvalue weighted by molar-refractivity contribution is -0.0104. The van der Waals surface area contributed by atoms with E-state index >= 15 is 0 Å². The predicted molar refractivity (Wildman–Crippen MR) is 58.8 cm³/mol. The van der Waals surface area contributed by atoms with Gasteiger partial charge in [0.1, 0.15) is 6.23 Å². The Balaban J connectivity index is 2.56. The minimum atomic E-state index is -3.27. The van der Waals surface area contributed by atoms with Crippen LogP contribution in [0.15, 0.2) is 0 Å². The van der Waals surface area contributed by atoms with Crippen LogP contribution in [0.1, 0.15) is 13.8 Å². The summed E-state index contributed by atoms with van der Waals surface area (Å²) in [7, 11) is -3.27. The molecule has 1 heterocycles. The summed E-state index contributed by atoms with van der Waals surface area (Å²) in [4.78, 5) is 2.09. The fourth-order valence-corrected chi connectivity index (χ4v) is 2.79. The number of sulfonamides is 1. The Kier molecular flexibility index (Phi) is 4.11. The van der Waals surface area contributed by atoms with Crippen molar-refractivity contribution in [2.75, 3.05) is 32.4 Å². The lowest BCUT2D eigenvalue weighted by atomic mass is 10.2. The van der Waals surface area contributed by atoms with Gasteiger partial charge in [-0.25, -0.2) is 8.42 Å². The van der Waals surface area contributed by atoms with E-state index in [4.69, 9.17) is 0 Å². The van der Waals surface area contributed by atoms with Crippen LogP contribution in [0.2, 0.25) is 0 Å². The Bertz CT molecular complexity index is 302. The van der Waals surface area contributed by atoms with Crippen LogP contribution >= 0.6 is 0 Å². The summed E-state index contributed by atoms with van der Waals surface area (Å²) in [5, 5.41) is 9.69. The molecule has 1 saturated heterocycles. The predicted octanol–water partition coefficient (Wildman–Crippen LogP) is -0.462. The minimum absolute atomic E-state index is 0.382. The monoisotopic (exact) mass is 236 g/mol. The molecular formula is C9H20N2O3S. The van der Waals surface area contributed by atoms with E-state index in [-0.39, 0.29) is 0 Å². The van der Waals surface area contributed by atoms with Crippen molar-refractivity contribution in [3.8, 4) is 0 Å². The summed E-state index contributed by atoms with van der Waals surface area (Å²) in [6.45, 7) is 6.60. The van der Waals surface area contributed by atoms with E-state index in [0.717, 1.165) is 17.1 Å². The van der Waals surface area contributed by atoms with Crippen LogP contribution in [0.5, 0.6) is 0 Å². The first-order valence-corrected chi connectivity index (χ1v) is 7.02. The molecule has 0 amide bonds. The molecule has 0 aromatic heterocycles. The van der Waals surface area contributed by atoms with Crippen molar-refractivity contribution in [3.05, 3.63) is 0 Å². The van der Waals surface area contributed by atoms with Gasteiger partial charge in [-0.1, -0.05) is 13.8 Å². The second kappa shape index (κ2) is 4.78. The van der Waals surface area contributed by atoms with Gasteiger partial charge >= 0.3 is 0 Å². The maximum atomic E-state index is 11.3. The van der Waals surface area contributed by atoms with Crippen molar-refractivity contribution in [2.24, 2.45) is 5.92 Å². The summed E-state index contributed by atoms with van der Waals surface area (Å²) >= 11 is 0. The Labute approximate surface area is 91.7 Å². The molecule has 1 unspecified atom stereocenters. The number of rotatable bonds is 3. The summed E-state index contributed by atoms with van der Waals surface area (Å²) < 4.78 is 23.7. The summed E-state index contributed by atoms with van der Waals surface area (Å²) in [6.07, 6.45) is 0.237. The quantitative estimate of drug-likeness (QED) is 0.720. The summed E-state index contributed by atoms with van der Waals surface area (Å²) in [6, 6.07) is 0. The second-order valence-corrected chi connectivity index (χ2v) is 6.44. The number of piperazine rings is 1. The topological polar surface area (TPSA) is 60.9 Å². The SMILES string of the molecule is CC(C)CN1CCN(S(C)(=O)=O)C(O)C1. The number of aliphatic hydroxyl groups is 1. The highest BCUT2D eigenvalue weighted by molar-refractivity contribution is 7.88. The number of nitrogens with zero attached hydrogens (tertiary/aromatic N) is 2. The fraction of sp³-hybridized carbons (Fsp3) is 1.00. The summed E-state index contributed by atoms with van der Waals surface area (Å²) in [5.74, 6) is 0.530. The van der Waals surface area contributed by atoms with E-state index in [1.807, 2.05) is 0 Å². The van der Waals surface area contributed by atoms with Crippen molar-refractivity contribution in [1.82, 2.24) is 9.21 Å². The largest absolute Gasteiger partial charge is 0.376 e. The fourth-order valence-electron chi connectivity index (χ4n) is 1.87. The van der Waals surface area contributed by atoms with E-state index < -0.39 is 16.3 Å². The highest BCUT2D eigenvalue weighted by Gasteiger charge is 2.31. The lowest BCUT2D eigenvalue weighted by Crippen LogP contribution is -2.55. The van der Waals surface area contributed by atoms with Gasteiger partial charge in [0.15, 0.2) is 0 Å². The van der Waals surface area contributed by atoms with Gasteiger partial charge in [0, 0.05) is 26.2 Å². The molecular weight excluding hydrogens is 216 g/mol. The normalized spacial score (nSPS) is 26.1. The first kappa shape index (κ1) is 12.9. The van der Waals surface area contributed by atoms with Gasteiger partial charge in [-0.3, -0.25) is 4.90 Å². The number of hydrogen-bond donors (Lipinski definition) is 1. The van der Waals surface area contributed by atoms with Crippen LogP contribution in [-0.4, -0.2) is 61.4 Å². The molecule has 1 fully saturated rings. The maximum Gasteiger partial charge on any atom is 0.213 e. The van der Waals surface area contributed by atoms with Crippen LogP contribution in [0.3, 0.4) is 0 Å². The molecule has 90 valence electrons. The zero-order chi connectivity index (χ0) is 11.6. The number of hydrogen-bond acceptors (Lipinski definition) is 4. The molecule has 0 aliphatic carbocycles. The summed E-state index contributed by atoms with van der Waals surface area (Å²) in [5.41, 5.74) is 0. The Morgan fingerprint density at radius 2 is 2.00 bits per heavy atom. The van der Waals surface area contributed by atoms with Crippen molar-refractivity contribution in [1.29, 1.82) is 0 Å². The Hall–Kier alpha value is -0.170. The molecule has 5 nitrogen and oxygen atoms in total. The van der Waals surface area contributed by atoms with Crippen LogP contribution in [0, 0.1) is 5.92 Å². The number of aliphatic hydroxyl groups excluding tert-OH is 1. The van der Waals surface area contributed by atoms with Crippen LogP contribution in [0.4, 0.5) is 0 Å². The number of β-amino-alcohol motifs (C(OH)–C–C–N with tert-alkyl or cyclic N) is 1. The molecule has 6 heteroatoms. The molecule has 0 bridgehead atoms. The Morgan fingerprint density at radius 3 is 2.40 bits per heavy atom. The lowest BCUT2D eigenvalue weighted by Gasteiger charge is -2.37. The van der Waals surface area contributed by atoms with Gasteiger partial charge in [0.25, 0.3) is 0 Å². The average molecular weight is 236 g/mol. The van der Waals surface area contributed by atoms with Gasteiger partial charge in [0.05, 0.1) is 6.26 Å². The van der Waals surface area contributed by atoms with Crippen LogP contribution in [0.25, 0.3) is 0 Å². The maximum absolute atomic E-state index is 11.3. The van der Waals surface area contributed by atoms with Crippen LogP contribution in [-0.2, 0) is 10.0 Å². The molecule has 0 spiro atoms. The highest BCUT2D eigenvalue weighted by Crippen LogP contribution is 2.12. The molecule has 0 aromatic rings. The third-order valence-electron chi connectivity index (χ3n) is 2.44. The molecule has 1 atom stereocenters.